The van der Waals surface area contributed by atoms with Crippen LogP contribution in [0.1, 0.15) is 5.69 Å². The molecule has 0 unspecified atom stereocenters. The number of aryl methyl sites for hydroxylation is 1. The van der Waals surface area contributed by atoms with Crippen molar-refractivity contribution in [1.82, 2.24) is 14.9 Å². The maximum atomic E-state index is 12.2. The van der Waals surface area contributed by atoms with Crippen molar-refractivity contribution in [1.29, 1.82) is 0 Å². The molecular weight excluding hydrogens is 282 g/mol. The van der Waals surface area contributed by atoms with Crippen LogP contribution in [0.4, 0.5) is 0 Å². The maximum absolute atomic E-state index is 12.2. The lowest BCUT2D eigenvalue weighted by Gasteiger charge is -2.13. The highest BCUT2D eigenvalue weighted by molar-refractivity contribution is 5.76. The number of benzene rings is 1. The van der Waals surface area contributed by atoms with E-state index in [0.717, 1.165) is 5.56 Å². The molecule has 1 heterocycles. The zero-order chi connectivity index (χ0) is 15.9. The van der Waals surface area contributed by atoms with Gasteiger partial charge in [0.2, 0.25) is 5.91 Å². The molecule has 6 heteroatoms. The maximum Gasteiger partial charge on any atom is 0.254 e. The van der Waals surface area contributed by atoms with Gasteiger partial charge in [0.05, 0.1) is 6.61 Å². The highest BCUT2D eigenvalue weighted by Gasteiger charge is 2.12. The van der Waals surface area contributed by atoms with Gasteiger partial charge in [0.1, 0.15) is 12.4 Å². The Labute approximate surface area is 128 Å². The van der Waals surface area contributed by atoms with E-state index in [0.29, 0.717) is 24.7 Å². The fourth-order valence-electron chi connectivity index (χ4n) is 2.07. The first kappa shape index (κ1) is 15.9. The van der Waals surface area contributed by atoms with Crippen molar-refractivity contribution in [3.8, 4) is 11.4 Å². The SMILES string of the molecule is COCCNC(=O)Cn1c(-c2ccccc2)nc(C)cc1=O. The number of amides is 1. The minimum absolute atomic E-state index is 0.0694. The molecule has 0 saturated heterocycles. The Morgan fingerprint density at radius 1 is 1.32 bits per heavy atom. The summed E-state index contributed by atoms with van der Waals surface area (Å²) in [6.45, 7) is 2.53. The minimum Gasteiger partial charge on any atom is -0.383 e. The van der Waals surface area contributed by atoms with Crippen molar-refractivity contribution in [2.24, 2.45) is 0 Å². The molecule has 0 saturated carbocycles. The summed E-state index contributed by atoms with van der Waals surface area (Å²) in [7, 11) is 1.56. The highest BCUT2D eigenvalue weighted by Crippen LogP contribution is 2.15. The lowest BCUT2D eigenvalue weighted by molar-refractivity contribution is -0.121. The molecule has 1 amide bonds. The molecule has 0 fully saturated rings. The number of methoxy groups -OCH3 is 1. The van der Waals surface area contributed by atoms with Gasteiger partial charge >= 0.3 is 0 Å². The molecule has 0 bridgehead atoms. The van der Waals surface area contributed by atoms with Crippen LogP contribution in [0.3, 0.4) is 0 Å². The Hall–Kier alpha value is -2.47. The van der Waals surface area contributed by atoms with E-state index in [2.05, 4.69) is 10.3 Å². The molecule has 2 aromatic rings. The predicted molar refractivity (Wildman–Crippen MR) is 83.6 cm³/mol. The smallest absolute Gasteiger partial charge is 0.254 e. The summed E-state index contributed by atoms with van der Waals surface area (Å²) in [6.07, 6.45) is 0. The zero-order valence-electron chi connectivity index (χ0n) is 12.7. The second-order valence-electron chi connectivity index (χ2n) is 4.85. The number of hydrogen-bond donors (Lipinski definition) is 1. The average Bonchev–Trinajstić information content (AvgIpc) is 2.51. The molecule has 1 aromatic carbocycles. The normalized spacial score (nSPS) is 10.5. The van der Waals surface area contributed by atoms with Crippen LogP contribution < -0.4 is 10.9 Å². The van der Waals surface area contributed by atoms with Gasteiger partial charge in [-0.25, -0.2) is 4.98 Å². The molecule has 116 valence electrons. The molecule has 1 aromatic heterocycles. The number of nitrogens with zero attached hydrogens (tertiary/aromatic N) is 2. The lowest BCUT2D eigenvalue weighted by atomic mass is 10.2. The van der Waals surface area contributed by atoms with Crippen LogP contribution in [-0.4, -0.2) is 35.7 Å². The Balaban J connectivity index is 2.30. The van der Waals surface area contributed by atoms with E-state index < -0.39 is 0 Å². The van der Waals surface area contributed by atoms with Crippen molar-refractivity contribution < 1.29 is 9.53 Å². The molecule has 1 N–H and O–H groups in total. The third kappa shape index (κ3) is 4.02. The van der Waals surface area contributed by atoms with Crippen LogP contribution in [0.15, 0.2) is 41.2 Å². The molecule has 0 radical (unpaired) electrons. The van der Waals surface area contributed by atoms with Crippen LogP contribution >= 0.6 is 0 Å². The van der Waals surface area contributed by atoms with Crippen molar-refractivity contribution >= 4 is 5.91 Å². The third-order valence-corrected chi connectivity index (χ3v) is 3.10. The van der Waals surface area contributed by atoms with Crippen LogP contribution in [-0.2, 0) is 16.1 Å². The van der Waals surface area contributed by atoms with Gasteiger partial charge in [-0.3, -0.25) is 14.2 Å². The number of hydrogen-bond acceptors (Lipinski definition) is 4. The Bertz CT molecular complexity index is 696. The average molecular weight is 301 g/mol. The first-order valence-electron chi connectivity index (χ1n) is 7.01. The summed E-state index contributed by atoms with van der Waals surface area (Å²) >= 11 is 0. The Morgan fingerprint density at radius 2 is 2.05 bits per heavy atom. The van der Waals surface area contributed by atoms with Crippen LogP contribution in [0.5, 0.6) is 0 Å². The van der Waals surface area contributed by atoms with E-state index in [1.54, 1.807) is 14.0 Å². The van der Waals surface area contributed by atoms with Gasteiger partial charge in [-0.1, -0.05) is 30.3 Å². The van der Waals surface area contributed by atoms with Crippen molar-refractivity contribution in [2.45, 2.75) is 13.5 Å². The van der Waals surface area contributed by atoms with Gasteiger partial charge in [0.25, 0.3) is 5.56 Å². The van der Waals surface area contributed by atoms with E-state index in [-0.39, 0.29) is 18.0 Å². The molecule has 0 aliphatic carbocycles. The summed E-state index contributed by atoms with van der Waals surface area (Å²) in [6, 6.07) is 10.8. The molecule has 6 nitrogen and oxygen atoms in total. The minimum atomic E-state index is -0.248. The quantitative estimate of drug-likeness (QED) is 0.807. The predicted octanol–water partition coefficient (Wildman–Crippen LogP) is 0.981. The topological polar surface area (TPSA) is 73.2 Å². The number of aromatic nitrogens is 2. The van der Waals surface area contributed by atoms with Gasteiger partial charge in [-0.15, -0.1) is 0 Å². The summed E-state index contributed by atoms with van der Waals surface area (Å²) in [5.74, 6) is 0.245. The standard InChI is InChI=1S/C16H19N3O3/c1-12-10-15(21)19(11-14(20)17-8-9-22-2)16(18-12)13-6-4-3-5-7-13/h3-7,10H,8-9,11H2,1-2H3,(H,17,20). The van der Waals surface area contributed by atoms with Crippen LogP contribution in [0.25, 0.3) is 11.4 Å². The van der Waals surface area contributed by atoms with Gasteiger partial charge in [0, 0.05) is 31.0 Å². The van der Waals surface area contributed by atoms with Gasteiger partial charge in [-0.05, 0) is 6.92 Å². The molecule has 0 atom stereocenters. The van der Waals surface area contributed by atoms with Gasteiger partial charge in [0.15, 0.2) is 0 Å². The number of nitrogens with one attached hydrogen (secondary N) is 1. The largest absolute Gasteiger partial charge is 0.383 e. The molecule has 22 heavy (non-hydrogen) atoms. The number of carbonyl (C=O) groups is 1. The van der Waals surface area contributed by atoms with Crippen LogP contribution in [0, 0.1) is 6.92 Å². The van der Waals surface area contributed by atoms with E-state index >= 15 is 0 Å². The molecular formula is C16H19N3O3. The fraction of sp³-hybridized carbons (Fsp3) is 0.312. The van der Waals surface area contributed by atoms with Crippen molar-refractivity contribution in [3.05, 3.63) is 52.4 Å². The third-order valence-electron chi connectivity index (χ3n) is 3.10. The zero-order valence-corrected chi connectivity index (χ0v) is 12.7. The first-order chi connectivity index (χ1) is 10.6. The number of rotatable bonds is 6. The molecule has 2 rings (SSSR count). The van der Waals surface area contributed by atoms with E-state index in [1.807, 2.05) is 30.3 Å². The number of ether oxygens (including phenoxy) is 1. The monoisotopic (exact) mass is 301 g/mol. The van der Waals surface area contributed by atoms with Crippen molar-refractivity contribution in [3.63, 3.8) is 0 Å². The summed E-state index contributed by atoms with van der Waals surface area (Å²) in [4.78, 5) is 28.6. The molecule has 0 spiro atoms. The Kier molecular flexibility index (Phi) is 5.43. The summed E-state index contributed by atoms with van der Waals surface area (Å²) in [5, 5.41) is 2.70. The summed E-state index contributed by atoms with van der Waals surface area (Å²) < 4.78 is 6.26. The summed E-state index contributed by atoms with van der Waals surface area (Å²) in [5.41, 5.74) is 1.18. The van der Waals surface area contributed by atoms with Gasteiger partial charge in [-0.2, -0.15) is 0 Å². The lowest BCUT2D eigenvalue weighted by Crippen LogP contribution is -2.35. The molecule has 0 aliphatic rings. The highest BCUT2D eigenvalue weighted by atomic mass is 16.5. The Morgan fingerprint density at radius 3 is 2.73 bits per heavy atom. The second-order valence-corrected chi connectivity index (χ2v) is 4.85. The van der Waals surface area contributed by atoms with E-state index in [9.17, 15) is 9.59 Å². The molecule has 0 aliphatic heterocycles. The number of carbonyl (C=O) groups excluding carboxylic acids is 1. The van der Waals surface area contributed by atoms with Crippen molar-refractivity contribution in [2.75, 3.05) is 20.3 Å². The fourth-order valence-corrected chi connectivity index (χ4v) is 2.07. The van der Waals surface area contributed by atoms with E-state index in [4.69, 9.17) is 4.74 Å². The van der Waals surface area contributed by atoms with Gasteiger partial charge < -0.3 is 10.1 Å². The first-order valence-corrected chi connectivity index (χ1v) is 7.01. The second kappa shape index (κ2) is 7.51. The van der Waals surface area contributed by atoms with Crippen LogP contribution in [0.2, 0.25) is 0 Å². The van der Waals surface area contributed by atoms with E-state index in [1.165, 1.54) is 10.6 Å².